The van der Waals surface area contributed by atoms with Crippen LogP contribution in [0.4, 0.5) is 0 Å². The molecule has 0 aliphatic heterocycles. The highest BCUT2D eigenvalue weighted by Crippen LogP contribution is 2.36. The van der Waals surface area contributed by atoms with Crippen LogP contribution >= 0.6 is 11.6 Å². The maximum atomic E-state index is 9.95. The van der Waals surface area contributed by atoms with Crippen LogP contribution in [-0.4, -0.2) is 6.04 Å². The summed E-state index contributed by atoms with van der Waals surface area (Å²) in [6.07, 6.45) is 0.785. The molecule has 0 aliphatic rings. The lowest BCUT2D eigenvalue weighted by atomic mass is 9.79. The molecule has 3 aromatic rings. The molecular weight excluding hydrogens is 426 g/mol. The third kappa shape index (κ3) is 6.23. The number of aryl methyl sites for hydroxylation is 1. The summed E-state index contributed by atoms with van der Waals surface area (Å²) in [6.45, 7) is 8.18. The molecule has 3 aromatic carbocycles. The zero-order chi connectivity index (χ0) is 24.0. The van der Waals surface area contributed by atoms with Crippen molar-refractivity contribution in [2.75, 3.05) is 0 Å². The summed E-state index contributed by atoms with van der Waals surface area (Å²) in [4.78, 5) is 0. The Morgan fingerprint density at radius 2 is 1.61 bits per heavy atom. The fourth-order valence-electron chi connectivity index (χ4n) is 4.31. The summed E-state index contributed by atoms with van der Waals surface area (Å²) in [5.74, 6) is 0.0984. The Bertz CT molecular complexity index is 1170. The summed E-state index contributed by atoms with van der Waals surface area (Å²) < 4.78 is 0. The third-order valence-corrected chi connectivity index (χ3v) is 6.48. The van der Waals surface area contributed by atoms with Gasteiger partial charge in [-0.15, -0.1) is 0 Å². The Kier molecular flexibility index (Phi) is 7.93. The number of hydrogen-bond donors (Lipinski definition) is 1. The molecule has 1 N–H and O–H groups in total. The van der Waals surface area contributed by atoms with Gasteiger partial charge in [-0.2, -0.15) is 10.5 Å². The average molecular weight is 456 g/mol. The van der Waals surface area contributed by atoms with Crippen molar-refractivity contribution >= 4 is 11.6 Å². The van der Waals surface area contributed by atoms with Crippen molar-refractivity contribution < 1.29 is 0 Å². The molecule has 0 bridgehead atoms. The maximum Gasteiger partial charge on any atom is 0.0991 e. The number of nitrogens with one attached hydrogen (secondary N) is 1. The van der Waals surface area contributed by atoms with E-state index in [0.717, 1.165) is 17.5 Å². The molecule has 2 unspecified atom stereocenters. The van der Waals surface area contributed by atoms with Gasteiger partial charge in [-0.05, 0) is 75.1 Å². The first-order valence-electron chi connectivity index (χ1n) is 11.2. The van der Waals surface area contributed by atoms with E-state index in [0.29, 0.717) is 10.6 Å². The highest BCUT2D eigenvalue weighted by atomic mass is 35.5. The quantitative estimate of drug-likeness (QED) is 0.393. The smallest absolute Gasteiger partial charge is 0.0991 e. The lowest BCUT2D eigenvalue weighted by Gasteiger charge is -2.36. The number of nitriles is 2. The minimum Gasteiger partial charge on any atom is -0.305 e. The van der Waals surface area contributed by atoms with E-state index in [4.69, 9.17) is 11.6 Å². The van der Waals surface area contributed by atoms with Crippen molar-refractivity contribution in [3.63, 3.8) is 0 Å². The van der Waals surface area contributed by atoms with Crippen LogP contribution < -0.4 is 5.32 Å². The van der Waals surface area contributed by atoms with Gasteiger partial charge >= 0.3 is 0 Å². The molecule has 0 fully saturated rings. The van der Waals surface area contributed by atoms with E-state index >= 15 is 0 Å². The molecule has 0 amide bonds. The summed E-state index contributed by atoms with van der Waals surface area (Å²) in [7, 11) is 0. The standard InChI is InChI=1S/C29H30ClN3/c1-20-7-5-10-25(15-20)28(29(3,4)19-32)33-21(2)27(17-22-11-13-26(30)14-12-22)24-9-6-8-23(16-24)18-31/h5-16,21,27-28,33H,17H2,1-4H3/t21?,27?,28-/m0/s1. The topological polar surface area (TPSA) is 59.6 Å². The van der Waals surface area contributed by atoms with Gasteiger partial charge in [0.05, 0.1) is 29.2 Å². The van der Waals surface area contributed by atoms with E-state index in [1.807, 2.05) is 62.4 Å². The SMILES string of the molecule is Cc1cccc([C@H](NC(C)C(Cc2ccc(Cl)cc2)c2cccc(C#N)c2)C(C)(C)C#N)c1. The first kappa shape index (κ1) is 24.5. The molecule has 3 rings (SSSR count). The van der Waals surface area contributed by atoms with Crippen LogP contribution in [0.25, 0.3) is 0 Å². The van der Waals surface area contributed by atoms with Gasteiger partial charge in [0.15, 0.2) is 0 Å². The van der Waals surface area contributed by atoms with Crippen molar-refractivity contribution in [1.29, 1.82) is 10.5 Å². The van der Waals surface area contributed by atoms with Gasteiger partial charge in [0.2, 0.25) is 0 Å². The fourth-order valence-corrected chi connectivity index (χ4v) is 4.44. The van der Waals surface area contributed by atoms with Crippen LogP contribution in [0.3, 0.4) is 0 Å². The lowest BCUT2D eigenvalue weighted by molar-refractivity contribution is 0.281. The molecule has 0 saturated heterocycles. The van der Waals surface area contributed by atoms with Crippen molar-refractivity contribution in [1.82, 2.24) is 5.32 Å². The normalized spacial score (nSPS) is 14.0. The van der Waals surface area contributed by atoms with Crippen LogP contribution in [0.2, 0.25) is 5.02 Å². The highest BCUT2D eigenvalue weighted by Gasteiger charge is 2.34. The minimum absolute atomic E-state index is 0.0350. The molecule has 4 heteroatoms. The molecule has 3 atom stereocenters. The second-order valence-corrected chi connectivity index (χ2v) is 9.75. The molecule has 0 spiro atoms. The second-order valence-electron chi connectivity index (χ2n) is 9.31. The van der Waals surface area contributed by atoms with Crippen molar-refractivity contribution in [3.8, 4) is 12.1 Å². The van der Waals surface area contributed by atoms with E-state index in [1.165, 1.54) is 11.1 Å². The van der Waals surface area contributed by atoms with E-state index in [-0.39, 0.29) is 18.0 Å². The monoisotopic (exact) mass is 455 g/mol. The molecule has 0 aromatic heterocycles. The summed E-state index contributed by atoms with van der Waals surface area (Å²) in [5.41, 5.74) is 4.58. The van der Waals surface area contributed by atoms with Crippen molar-refractivity contribution in [2.45, 2.75) is 52.1 Å². The van der Waals surface area contributed by atoms with E-state index in [9.17, 15) is 10.5 Å². The van der Waals surface area contributed by atoms with E-state index in [1.54, 1.807) is 0 Å². The molecule has 0 saturated carbocycles. The van der Waals surface area contributed by atoms with Gasteiger partial charge in [0, 0.05) is 17.0 Å². The zero-order valence-corrected chi connectivity index (χ0v) is 20.4. The van der Waals surface area contributed by atoms with Crippen LogP contribution in [-0.2, 0) is 6.42 Å². The molecule has 168 valence electrons. The van der Waals surface area contributed by atoms with Gasteiger partial charge in [-0.1, -0.05) is 65.7 Å². The Labute approximate surface area is 202 Å². The second kappa shape index (κ2) is 10.7. The van der Waals surface area contributed by atoms with Crippen molar-refractivity contribution in [3.05, 3.63) is 106 Å². The summed E-state index contributed by atoms with van der Waals surface area (Å²) in [6, 6.07) is 28.7. The zero-order valence-electron chi connectivity index (χ0n) is 19.6. The van der Waals surface area contributed by atoms with Crippen LogP contribution in [0, 0.1) is 35.0 Å². The number of nitrogens with zero attached hydrogens (tertiary/aromatic N) is 2. The van der Waals surface area contributed by atoms with Gasteiger partial charge in [0.25, 0.3) is 0 Å². The largest absolute Gasteiger partial charge is 0.305 e. The minimum atomic E-state index is -0.610. The molecular formula is C29H30ClN3. The Morgan fingerprint density at radius 1 is 0.939 bits per heavy atom. The average Bonchev–Trinajstić information content (AvgIpc) is 2.81. The summed E-state index contributed by atoms with van der Waals surface area (Å²) in [5, 5.41) is 23.9. The Balaban J connectivity index is 1.99. The maximum absolute atomic E-state index is 9.95. The van der Waals surface area contributed by atoms with Gasteiger partial charge in [-0.3, -0.25) is 0 Å². The molecule has 0 radical (unpaired) electrons. The fraction of sp³-hybridized carbons (Fsp3) is 0.310. The Hall–Kier alpha value is -3.11. The third-order valence-electron chi connectivity index (χ3n) is 6.23. The van der Waals surface area contributed by atoms with Crippen LogP contribution in [0.5, 0.6) is 0 Å². The molecule has 33 heavy (non-hydrogen) atoms. The van der Waals surface area contributed by atoms with Gasteiger partial charge in [0.1, 0.15) is 0 Å². The highest BCUT2D eigenvalue weighted by molar-refractivity contribution is 6.30. The molecule has 3 nitrogen and oxygen atoms in total. The Morgan fingerprint density at radius 3 is 2.24 bits per heavy atom. The number of benzene rings is 3. The predicted molar refractivity (Wildman–Crippen MR) is 135 cm³/mol. The first-order valence-corrected chi connectivity index (χ1v) is 11.6. The van der Waals surface area contributed by atoms with Gasteiger partial charge in [-0.25, -0.2) is 0 Å². The molecule has 0 aliphatic carbocycles. The van der Waals surface area contributed by atoms with E-state index < -0.39 is 5.41 Å². The van der Waals surface area contributed by atoms with Crippen LogP contribution in [0.15, 0.2) is 72.8 Å². The number of hydrogen-bond acceptors (Lipinski definition) is 3. The first-order chi connectivity index (χ1) is 15.7. The van der Waals surface area contributed by atoms with Crippen LogP contribution in [0.1, 0.15) is 60.5 Å². The number of rotatable bonds is 8. The van der Waals surface area contributed by atoms with Crippen molar-refractivity contribution in [2.24, 2.45) is 5.41 Å². The number of halogens is 1. The van der Waals surface area contributed by atoms with E-state index in [2.05, 4.69) is 55.6 Å². The van der Waals surface area contributed by atoms with Gasteiger partial charge < -0.3 is 5.32 Å². The lowest BCUT2D eigenvalue weighted by Crippen LogP contribution is -2.42. The predicted octanol–water partition coefficient (Wildman–Crippen LogP) is 7.12. The summed E-state index contributed by atoms with van der Waals surface area (Å²) >= 11 is 6.10. The molecule has 0 heterocycles.